The lowest BCUT2D eigenvalue weighted by molar-refractivity contribution is 0.107. The van der Waals surface area contributed by atoms with E-state index in [9.17, 15) is 5.11 Å². The predicted octanol–water partition coefficient (Wildman–Crippen LogP) is 1.75. The SMILES string of the molecule is Cc1cc(C)cc(OCC(O)CNCCSCCCO)c1. The molecule has 0 aromatic heterocycles. The van der Waals surface area contributed by atoms with Gasteiger partial charge in [0.05, 0.1) is 0 Å². The van der Waals surface area contributed by atoms with Gasteiger partial charge in [0, 0.05) is 25.4 Å². The average Bonchev–Trinajstić information content (AvgIpc) is 2.43. The zero-order chi connectivity index (χ0) is 15.5. The van der Waals surface area contributed by atoms with Crippen LogP contribution in [0.4, 0.5) is 0 Å². The Bertz CT molecular complexity index is 381. The highest BCUT2D eigenvalue weighted by Gasteiger charge is 2.05. The molecule has 1 atom stereocenters. The first-order chi connectivity index (χ1) is 10.1. The summed E-state index contributed by atoms with van der Waals surface area (Å²) in [4.78, 5) is 0. The molecule has 1 unspecified atom stereocenters. The fourth-order valence-electron chi connectivity index (χ4n) is 1.95. The molecule has 1 rings (SSSR count). The summed E-state index contributed by atoms with van der Waals surface area (Å²) in [5.41, 5.74) is 2.33. The minimum Gasteiger partial charge on any atom is -0.491 e. The van der Waals surface area contributed by atoms with Gasteiger partial charge in [0.15, 0.2) is 0 Å². The highest BCUT2D eigenvalue weighted by atomic mass is 32.2. The van der Waals surface area contributed by atoms with Crippen molar-refractivity contribution in [2.45, 2.75) is 26.4 Å². The molecule has 0 saturated heterocycles. The third kappa shape index (κ3) is 8.98. The molecule has 0 aliphatic rings. The fraction of sp³-hybridized carbons (Fsp3) is 0.625. The molecule has 0 aliphatic carbocycles. The topological polar surface area (TPSA) is 61.7 Å². The second kappa shape index (κ2) is 10.9. The minimum absolute atomic E-state index is 0.259. The number of nitrogens with one attached hydrogen (secondary N) is 1. The molecule has 21 heavy (non-hydrogen) atoms. The van der Waals surface area contributed by atoms with Crippen molar-refractivity contribution in [2.24, 2.45) is 0 Å². The van der Waals surface area contributed by atoms with E-state index >= 15 is 0 Å². The van der Waals surface area contributed by atoms with Crippen molar-refractivity contribution in [3.63, 3.8) is 0 Å². The molecule has 0 spiro atoms. The number of benzene rings is 1. The van der Waals surface area contributed by atoms with Gasteiger partial charge in [0.2, 0.25) is 0 Å². The number of ether oxygens (including phenoxy) is 1. The Morgan fingerprint density at radius 2 is 1.90 bits per heavy atom. The van der Waals surface area contributed by atoms with Crippen LogP contribution in [0, 0.1) is 13.8 Å². The second-order valence-corrected chi connectivity index (χ2v) is 6.41. The van der Waals surface area contributed by atoms with Crippen LogP contribution < -0.4 is 10.1 Å². The molecule has 3 N–H and O–H groups in total. The number of aliphatic hydroxyl groups excluding tert-OH is 2. The van der Waals surface area contributed by atoms with Crippen molar-refractivity contribution >= 4 is 11.8 Å². The molecule has 1 aromatic rings. The molecule has 1 aromatic carbocycles. The number of rotatable bonds is 11. The average molecular weight is 313 g/mol. The van der Waals surface area contributed by atoms with Gasteiger partial charge in [-0.05, 0) is 49.3 Å². The summed E-state index contributed by atoms with van der Waals surface area (Å²) in [6, 6.07) is 6.05. The van der Waals surface area contributed by atoms with Crippen LogP contribution in [-0.2, 0) is 0 Å². The maximum absolute atomic E-state index is 9.86. The summed E-state index contributed by atoms with van der Waals surface area (Å²) in [5, 5.41) is 21.7. The highest BCUT2D eigenvalue weighted by molar-refractivity contribution is 7.99. The summed E-state index contributed by atoms with van der Waals surface area (Å²) in [6.45, 7) is 6.02. The second-order valence-electron chi connectivity index (χ2n) is 5.18. The zero-order valence-corrected chi connectivity index (χ0v) is 13.8. The lowest BCUT2D eigenvalue weighted by atomic mass is 10.1. The zero-order valence-electron chi connectivity index (χ0n) is 13.0. The van der Waals surface area contributed by atoms with Crippen molar-refractivity contribution in [3.05, 3.63) is 29.3 Å². The molecule has 0 bridgehead atoms. The molecule has 120 valence electrons. The predicted molar refractivity (Wildman–Crippen MR) is 89.3 cm³/mol. The smallest absolute Gasteiger partial charge is 0.119 e. The standard InChI is InChI=1S/C16H27NO3S/c1-13-8-14(2)10-16(9-13)20-12-15(19)11-17-4-7-21-6-3-5-18/h8-10,15,17-19H,3-7,11-12H2,1-2H3. The molecule has 5 heteroatoms. The van der Waals surface area contributed by atoms with Crippen LogP contribution in [-0.4, -0.2) is 54.1 Å². The molecular formula is C16H27NO3S. The van der Waals surface area contributed by atoms with Crippen LogP contribution >= 0.6 is 11.8 Å². The molecule has 4 nitrogen and oxygen atoms in total. The van der Waals surface area contributed by atoms with E-state index in [0.717, 1.165) is 41.3 Å². The first-order valence-corrected chi connectivity index (χ1v) is 8.55. The van der Waals surface area contributed by atoms with E-state index in [4.69, 9.17) is 9.84 Å². The number of aryl methyl sites for hydroxylation is 2. The van der Waals surface area contributed by atoms with E-state index in [1.54, 1.807) is 0 Å². The van der Waals surface area contributed by atoms with E-state index in [1.807, 2.05) is 37.7 Å². The van der Waals surface area contributed by atoms with E-state index in [-0.39, 0.29) is 6.61 Å². The number of aliphatic hydroxyl groups is 2. The van der Waals surface area contributed by atoms with Crippen LogP contribution in [0.15, 0.2) is 18.2 Å². The lowest BCUT2D eigenvalue weighted by Crippen LogP contribution is -2.32. The first-order valence-electron chi connectivity index (χ1n) is 7.40. The Kier molecular flexibility index (Phi) is 9.50. The Morgan fingerprint density at radius 3 is 2.57 bits per heavy atom. The minimum atomic E-state index is -0.506. The van der Waals surface area contributed by atoms with E-state index < -0.39 is 6.10 Å². The van der Waals surface area contributed by atoms with Crippen LogP contribution in [0.2, 0.25) is 0 Å². The summed E-state index contributed by atoms with van der Waals surface area (Å²) in [5.74, 6) is 2.78. The monoisotopic (exact) mass is 313 g/mol. The van der Waals surface area contributed by atoms with Gasteiger partial charge in [-0.3, -0.25) is 0 Å². The summed E-state index contributed by atoms with van der Waals surface area (Å²) in [6.07, 6.45) is 0.338. The molecule has 0 aliphatic heterocycles. The Hall–Kier alpha value is -0.750. The Balaban J connectivity index is 2.09. The van der Waals surface area contributed by atoms with Crippen LogP contribution in [0.1, 0.15) is 17.5 Å². The van der Waals surface area contributed by atoms with E-state index in [0.29, 0.717) is 13.2 Å². The van der Waals surface area contributed by atoms with Crippen molar-refractivity contribution in [1.29, 1.82) is 0 Å². The molecular weight excluding hydrogens is 286 g/mol. The van der Waals surface area contributed by atoms with Crippen molar-refractivity contribution in [1.82, 2.24) is 5.32 Å². The molecule has 0 saturated carbocycles. The fourth-order valence-corrected chi connectivity index (χ4v) is 2.78. The number of hydrogen-bond donors (Lipinski definition) is 3. The van der Waals surface area contributed by atoms with Gasteiger partial charge < -0.3 is 20.3 Å². The van der Waals surface area contributed by atoms with Gasteiger partial charge in [-0.1, -0.05) is 6.07 Å². The normalized spacial score (nSPS) is 12.4. The van der Waals surface area contributed by atoms with Crippen molar-refractivity contribution < 1.29 is 14.9 Å². The summed E-state index contributed by atoms with van der Waals surface area (Å²) < 4.78 is 5.62. The molecule has 0 fully saturated rings. The number of thioether (sulfide) groups is 1. The molecule has 0 heterocycles. The Labute approximate surface area is 131 Å². The van der Waals surface area contributed by atoms with Crippen molar-refractivity contribution in [3.8, 4) is 5.75 Å². The van der Waals surface area contributed by atoms with Gasteiger partial charge in [0.1, 0.15) is 18.5 Å². The molecule has 0 radical (unpaired) electrons. The summed E-state index contributed by atoms with van der Waals surface area (Å²) >= 11 is 1.81. The first kappa shape index (κ1) is 18.3. The van der Waals surface area contributed by atoms with Crippen LogP contribution in [0.25, 0.3) is 0 Å². The van der Waals surface area contributed by atoms with Gasteiger partial charge >= 0.3 is 0 Å². The van der Waals surface area contributed by atoms with Crippen LogP contribution in [0.3, 0.4) is 0 Å². The quantitative estimate of drug-likeness (QED) is 0.543. The van der Waals surface area contributed by atoms with E-state index in [2.05, 4.69) is 11.4 Å². The summed E-state index contributed by atoms with van der Waals surface area (Å²) in [7, 11) is 0. The van der Waals surface area contributed by atoms with E-state index in [1.165, 1.54) is 0 Å². The molecule has 0 amide bonds. The third-order valence-electron chi connectivity index (χ3n) is 2.89. The van der Waals surface area contributed by atoms with Gasteiger partial charge in [-0.2, -0.15) is 11.8 Å². The maximum atomic E-state index is 9.86. The van der Waals surface area contributed by atoms with Gasteiger partial charge in [-0.25, -0.2) is 0 Å². The Morgan fingerprint density at radius 1 is 1.19 bits per heavy atom. The van der Waals surface area contributed by atoms with Crippen LogP contribution in [0.5, 0.6) is 5.75 Å². The van der Waals surface area contributed by atoms with Gasteiger partial charge in [0.25, 0.3) is 0 Å². The van der Waals surface area contributed by atoms with Gasteiger partial charge in [-0.15, -0.1) is 0 Å². The van der Waals surface area contributed by atoms with Crippen molar-refractivity contribution in [2.75, 3.05) is 37.8 Å². The maximum Gasteiger partial charge on any atom is 0.119 e. The largest absolute Gasteiger partial charge is 0.491 e. The lowest BCUT2D eigenvalue weighted by Gasteiger charge is -2.14. The highest BCUT2D eigenvalue weighted by Crippen LogP contribution is 2.16. The number of hydrogen-bond acceptors (Lipinski definition) is 5. The third-order valence-corrected chi connectivity index (χ3v) is 3.96.